The highest BCUT2D eigenvalue weighted by Crippen LogP contribution is 2.04. The number of unbranched alkanes of at least 4 members (excludes halogenated alkanes) is 2. The number of carbonyl (C=O) groups is 4. The summed E-state index contributed by atoms with van der Waals surface area (Å²) < 4.78 is 36.0. The van der Waals surface area contributed by atoms with Crippen LogP contribution in [0.2, 0.25) is 0 Å². The average Bonchev–Trinajstić information content (AvgIpc) is 2.84. The van der Waals surface area contributed by atoms with E-state index in [1.54, 1.807) is 0 Å². The summed E-state index contributed by atoms with van der Waals surface area (Å²) in [7, 11) is 0. The predicted octanol–water partition coefficient (Wildman–Crippen LogP) is 1.80. The molecule has 1 unspecified atom stereocenters. The molecular weight excluding hydrogens is 516 g/mol. The van der Waals surface area contributed by atoms with Gasteiger partial charge in [-0.2, -0.15) is 12.6 Å². The summed E-state index contributed by atoms with van der Waals surface area (Å²) >= 11 is 7.75. The van der Waals surface area contributed by atoms with Gasteiger partial charge in [-0.05, 0) is 31.9 Å². The fraction of sp³-hybridized carbons (Fsp3) is 0.826. The van der Waals surface area contributed by atoms with Crippen LogP contribution < -0.4 is 0 Å². The molecular formula is C23H40O11S2. The highest BCUT2D eigenvalue weighted by atomic mass is 32.1. The largest absolute Gasteiger partial charge is 0.461 e. The minimum absolute atomic E-state index is 0.0114. The number of thiol groups is 2. The van der Waals surface area contributed by atoms with Gasteiger partial charge in [0.05, 0.1) is 46.2 Å². The molecule has 0 rings (SSSR count). The Morgan fingerprint density at radius 1 is 0.639 bits per heavy atom. The van der Waals surface area contributed by atoms with E-state index in [1.165, 1.54) is 6.92 Å². The van der Waals surface area contributed by atoms with Crippen molar-refractivity contribution in [2.24, 2.45) is 0 Å². The molecule has 0 aromatic carbocycles. The Hall–Kier alpha value is -1.38. The van der Waals surface area contributed by atoms with Crippen LogP contribution in [-0.2, 0) is 52.3 Å². The molecule has 13 heteroatoms. The van der Waals surface area contributed by atoms with Crippen LogP contribution in [0.25, 0.3) is 0 Å². The monoisotopic (exact) mass is 556 g/mol. The van der Waals surface area contributed by atoms with Gasteiger partial charge in [-0.25, -0.2) is 9.59 Å². The van der Waals surface area contributed by atoms with E-state index in [-0.39, 0.29) is 37.6 Å². The van der Waals surface area contributed by atoms with E-state index < -0.39 is 30.6 Å². The first-order chi connectivity index (χ1) is 17.4. The van der Waals surface area contributed by atoms with E-state index in [9.17, 15) is 19.2 Å². The number of carbonyl (C=O) groups excluding carboxylic acids is 4. The second-order valence-electron chi connectivity index (χ2n) is 7.44. The Kier molecular flexibility index (Phi) is 24.3. The lowest BCUT2D eigenvalue weighted by atomic mass is 10.2. The SMILES string of the molecule is CC(OC(=O)CCCC(=O)S)C(=O)OCC(=O)OCCOCCOCCOCCOCCCCCS. The van der Waals surface area contributed by atoms with E-state index >= 15 is 0 Å². The topological polar surface area (TPSA) is 133 Å². The standard InChI is InChI=1S/C23H40O11S2/c1-19(34-20(24)6-5-7-22(26)36)23(27)33-18-21(25)32-16-15-31-14-13-30-12-11-29-10-9-28-8-3-2-4-17-35/h19,35H,2-18H2,1H3,(H,26,36). The van der Waals surface area contributed by atoms with Gasteiger partial charge in [-0.15, -0.1) is 12.6 Å². The molecule has 0 N–H and O–H groups in total. The number of esters is 3. The van der Waals surface area contributed by atoms with Crippen molar-refractivity contribution >= 4 is 48.3 Å². The summed E-state index contributed by atoms with van der Waals surface area (Å²) in [5.74, 6) is -1.38. The van der Waals surface area contributed by atoms with Crippen LogP contribution in [0.15, 0.2) is 0 Å². The molecule has 0 amide bonds. The Morgan fingerprint density at radius 3 is 1.75 bits per heavy atom. The maximum absolute atomic E-state index is 11.8. The van der Waals surface area contributed by atoms with Crippen molar-refractivity contribution in [1.82, 2.24) is 0 Å². The van der Waals surface area contributed by atoms with E-state index in [0.29, 0.717) is 39.6 Å². The quantitative estimate of drug-likeness (QED) is 0.0738. The molecule has 0 aromatic rings. The zero-order valence-corrected chi connectivity index (χ0v) is 22.8. The third kappa shape index (κ3) is 24.3. The fourth-order valence-corrected chi connectivity index (χ4v) is 2.83. The highest BCUT2D eigenvalue weighted by molar-refractivity contribution is 7.96. The second kappa shape index (κ2) is 25.3. The zero-order valence-electron chi connectivity index (χ0n) is 21.0. The van der Waals surface area contributed by atoms with Crippen LogP contribution in [0.5, 0.6) is 0 Å². The molecule has 0 aliphatic rings. The molecule has 0 fully saturated rings. The Balaban J connectivity index is 3.48. The fourth-order valence-electron chi connectivity index (χ4n) is 2.45. The molecule has 0 heterocycles. The number of hydrogen-bond donors (Lipinski definition) is 2. The maximum atomic E-state index is 11.8. The van der Waals surface area contributed by atoms with Crippen molar-refractivity contribution in [3.05, 3.63) is 0 Å². The van der Waals surface area contributed by atoms with Gasteiger partial charge < -0.3 is 33.2 Å². The van der Waals surface area contributed by atoms with E-state index in [4.69, 9.17) is 33.2 Å². The smallest absolute Gasteiger partial charge is 0.347 e. The van der Waals surface area contributed by atoms with Gasteiger partial charge in [0.15, 0.2) is 17.8 Å². The third-order valence-corrected chi connectivity index (χ3v) is 4.84. The molecule has 0 aromatic heterocycles. The van der Waals surface area contributed by atoms with Crippen molar-refractivity contribution in [3.8, 4) is 0 Å². The summed E-state index contributed by atoms with van der Waals surface area (Å²) in [6.45, 7) is 4.29. The lowest BCUT2D eigenvalue weighted by Gasteiger charge is -2.12. The summed E-state index contributed by atoms with van der Waals surface area (Å²) in [4.78, 5) is 45.7. The van der Waals surface area contributed by atoms with Crippen molar-refractivity contribution in [2.75, 3.05) is 71.8 Å². The molecule has 0 spiro atoms. The zero-order chi connectivity index (χ0) is 26.9. The van der Waals surface area contributed by atoms with E-state index in [1.807, 2.05) is 0 Å². The lowest BCUT2D eigenvalue weighted by molar-refractivity contribution is -0.171. The molecule has 0 bridgehead atoms. The first-order valence-electron chi connectivity index (χ1n) is 12.0. The first kappa shape index (κ1) is 34.6. The molecule has 11 nitrogen and oxygen atoms in total. The van der Waals surface area contributed by atoms with Gasteiger partial charge >= 0.3 is 17.9 Å². The highest BCUT2D eigenvalue weighted by Gasteiger charge is 2.20. The van der Waals surface area contributed by atoms with Crippen molar-refractivity contribution < 1.29 is 52.3 Å². The molecule has 36 heavy (non-hydrogen) atoms. The van der Waals surface area contributed by atoms with Crippen LogP contribution in [0.1, 0.15) is 45.4 Å². The third-order valence-electron chi connectivity index (χ3n) is 4.30. The Bertz CT molecular complexity index is 605. The number of hydrogen-bond acceptors (Lipinski definition) is 12. The Labute approximate surface area is 224 Å². The number of ether oxygens (including phenoxy) is 7. The van der Waals surface area contributed by atoms with E-state index in [0.717, 1.165) is 31.6 Å². The minimum atomic E-state index is -1.18. The molecule has 0 saturated heterocycles. The van der Waals surface area contributed by atoms with Crippen LogP contribution in [0.4, 0.5) is 0 Å². The molecule has 210 valence electrons. The first-order valence-corrected chi connectivity index (χ1v) is 13.1. The van der Waals surface area contributed by atoms with Gasteiger partial charge in [0.2, 0.25) is 0 Å². The summed E-state index contributed by atoms with van der Waals surface area (Å²) in [6.07, 6.45) is 2.46. The van der Waals surface area contributed by atoms with Crippen LogP contribution in [0, 0.1) is 0 Å². The number of rotatable bonds is 25. The van der Waals surface area contributed by atoms with Crippen LogP contribution >= 0.6 is 25.3 Å². The molecule has 0 saturated carbocycles. The van der Waals surface area contributed by atoms with Crippen molar-refractivity contribution in [2.45, 2.75) is 51.6 Å². The summed E-state index contributed by atoms with van der Waals surface area (Å²) in [5, 5.41) is -0.336. The van der Waals surface area contributed by atoms with Crippen LogP contribution in [-0.4, -0.2) is 101 Å². The second-order valence-corrected chi connectivity index (χ2v) is 8.39. The minimum Gasteiger partial charge on any atom is -0.461 e. The molecule has 1 atom stereocenters. The summed E-state index contributed by atoms with van der Waals surface area (Å²) in [5.41, 5.74) is 0. The normalized spacial score (nSPS) is 11.6. The van der Waals surface area contributed by atoms with Gasteiger partial charge in [0.1, 0.15) is 6.61 Å². The van der Waals surface area contributed by atoms with Gasteiger partial charge in [0.25, 0.3) is 0 Å². The van der Waals surface area contributed by atoms with Gasteiger partial charge in [-0.3, -0.25) is 9.59 Å². The molecule has 0 radical (unpaired) electrons. The Morgan fingerprint density at radius 2 is 1.19 bits per heavy atom. The van der Waals surface area contributed by atoms with Crippen molar-refractivity contribution in [3.63, 3.8) is 0 Å². The van der Waals surface area contributed by atoms with Crippen LogP contribution in [0.3, 0.4) is 0 Å². The molecule has 0 aliphatic heterocycles. The van der Waals surface area contributed by atoms with E-state index in [2.05, 4.69) is 25.3 Å². The average molecular weight is 557 g/mol. The predicted molar refractivity (Wildman–Crippen MR) is 136 cm³/mol. The summed E-state index contributed by atoms with van der Waals surface area (Å²) in [6, 6.07) is 0. The maximum Gasteiger partial charge on any atom is 0.347 e. The van der Waals surface area contributed by atoms with Crippen molar-refractivity contribution in [1.29, 1.82) is 0 Å². The lowest BCUT2D eigenvalue weighted by Crippen LogP contribution is -2.28. The van der Waals surface area contributed by atoms with Gasteiger partial charge in [0, 0.05) is 19.4 Å². The van der Waals surface area contributed by atoms with Gasteiger partial charge in [-0.1, -0.05) is 6.42 Å². The molecule has 0 aliphatic carbocycles.